The summed E-state index contributed by atoms with van der Waals surface area (Å²) in [6, 6.07) is 0.551. The Morgan fingerprint density at radius 3 is 2.04 bits per heavy atom. The summed E-state index contributed by atoms with van der Waals surface area (Å²) < 4.78 is 11.2. The van der Waals surface area contributed by atoms with Gasteiger partial charge in [0.2, 0.25) is 35.4 Å². The summed E-state index contributed by atoms with van der Waals surface area (Å²) in [5.41, 5.74) is 0.691. The summed E-state index contributed by atoms with van der Waals surface area (Å²) in [4.78, 5) is 101. The van der Waals surface area contributed by atoms with Crippen molar-refractivity contribution in [2.24, 2.45) is 11.8 Å². The second kappa shape index (κ2) is 17.9. The van der Waals surface area contributed by atoms with Gasteiger partial charge in [0.15, 0.2) is 0 Å². The third-order valence-corrected chi connectivity index (χ3v) is 10.8. The van der Waals surface area contributed by atoms with Gasteiger partial charge in [0.25, 0.3) is 0 Å². The van der Waals surface area contributed by atoms with Crippen molar-refractivity contribution in [3.63, 3.8) is 0 Å². The summed E-state index contributed by atoms with van der Waals surface area (Å²) in [5.74, 6) is -4.09. The van der Waals surface area contributed by atoms with E-state index in [2.05, 4.69) is 16.0 Å². The number of rotatable bonds is 7. The molecule has 1 aromatic carbocycles. The molecule has 292 valence electrons. The third kappa shape index (κ3) is 9.46. The molecule has 0 spiro atoms. The van der Waals surface area contributed by atoms with Gasteiger partial charge in [-0.25, -0.2) is 4.79 Å². The van der Waals surface area contributed by atoms with E-state index in [0.29, 0.717) is 43.4 Å². The Bertz CT molecular complexity index is 1530. The lowest BCUT2D eigenvalue weighted by Gasteiger charge is -2.35. The fourth-order valence-corrected chi connectivity index (χ4v) is 7.34. The molecule has 3 saturated heterocycles. The van der Waals surface area contributed by atoms with Crippen LogP contribution in [0.4, 0.5) is 0 Å². The molecule has 0 aliphatic carbocycles. The summed E-state index contributed by atoms with van der Waals surface area (Å²) in [5, 5.41) is 8.35. The summed E-state index contributed by atoms with van der Waals surface area (Å²) >= 11 is 0. The lowest BCUT2D eigenvalue weighted by Crippen LogP contribution is -2.61. The van der Waals surface area contributed by atoms with Crippen molar-refractivity contribution in [1.29, 1.82) is 0 Å². The van der Waals surface area contributed by atoms with Crippen LogP contribution in [-0.4, -0.2) is 126 Å². The van der Waals surface area contributed by atoms with Crippen molar-refractivity contribution in [2.75, 3.05) is 27.2 Å². The predicted molar refractivity (Wildman–Crippen MR) is 194 cm³/mol. The molecule has 0 bridgehead atoms. The average Bonchev–Trinajstić information content (AvgIpc) is 3.83. The molecule has 3 N–H and O–H groups in total. The van der Waals surface area contributed by atoms with Crippen LogP contribution in [-0.2, 0) is 44.7 Å². The Hall–Kier alpha value is -4.69. The smallest absolute Gasteiger partial charge is 0.329 e. The van der Waals surface area contributed by atoms with Gasteiger partial charge in [-0.2, -0.15) is 0 Å². The van der Waals surface area contributed by atoms with Gasteiger partial charge in [-0.05, 0) is 62.1 Å². The molecule has 53 heavy (non-hydrogen) atoms. The van der Waals surface area contributed by atoms with Crippen LogP contribution >= 0.6 is 0 Å². The molecule has 0 radical (unpaired) electrons. The summed E-state index contributed by atoms with van der Waals surface area (Å²) in [6.07, 6.45) is 1.04. The zero-order valence-electron chi connectivity index (χ0n) is 32.2. The van der Waals surface area contributed by atoms with Gasteiger partial charge >= 0.3 is 5.97 Å². The van der Waals surface area contributed by atoms with Gasteiger partial charge in [0.1, 0.15) is 48.1 Å². The van der Waals surface area contributed by atoms with Crippen LogP contribution in [0.1, 0.15) is 79.2 Å². The number of cyclic esters (lactones) is 1. The molecule has 0 aromatic heterocycles. The minimum absolute atomic E-state index is 0.0350. The van der Waals surface area contributed by atoms with Crippen molar-refractivity contribution in [3.8, 4) is 5.75 Å². The van der Waals surface area contributed by atoms with Gasteiger partial charge in [-0.3, -0.25) is 28.8 Å². The van der Waals surface area contributed by atoms with Gasteiger partial charge in [-0.15, -0.1) is 0 Å². The number of ether oxygens (including phenoxy) is 2. The fourth-order valence-electron chi connectivity index (χ4n) is 7.34. The summed E-state index contributed by atoms with van der Waals surface area (Å²) in [6.45, 7) is 10.5. The molecular formula is C38H56N6O9. The number of benzene rings is 1. The van der Waals surface area contributed by atoms with Gasteiger partial charge in [0.05, 0.1) is 7.11 Å². The van der Waals surface area contributed by atoms with Gasteiger partial charge in [-0.1, -0.05) is 46.2 Å². The highest BCUT2D eigenvalue weighted by Gasteiger charge is 2.45. The second-order valence-electron chi connectivity index (χ2n) is 14.8. The number of esters is 1. The molecule has 15 heteroatoms. The van der Waals surface area contributed by atoms with E-state index in [1.807, 2.05) is 13.8 Å². The van der Waals surface area contributed by atoms with Crippen molar-refractivity contribution < 1.29 is 43.0 Å². The first-order valence-electron chi connectivity index (χ1n) is 18.7. The molecule has 6 amide bonds. The number of carbonyl (C=O) groups excluding carboxylic acids is 7. The zero-order valence-corrected chi connectivity index (χ0v) is 32.2. The minimum Gasteiger partial charge on any atom is -0.497 e. The zero-order chi connectivity index (χ0) is 39.1. The summed E-state index contributed by atoms with van der Waals surface area (Å²) in [7, 11) is 3.01. The quantitative estimate of drug-likeness (QED) is 0.346. The lowest BCUT2D eigenvalue weighted by atomic mass is 9.95. The number of likely N-dealkylation sites (N-methyl/N-ethyl adjacent to an activating group) is 1. The second-order valence-corrected chi connectivity index (χ2v) is 14.8. The molecule has 3 aliphatic heterocycles. The topological polar surface area (TPSA) is 184 Å². The van der Waals surface area contributed by atoms with Crippen LogP contribution in [0.3, 0.4) is 0 Å². The first-order valence-corrected chi connectivity index (χ1v) is 18.7. The van der Waals surface area contributed by atoms with Gasteiger partial charge < -0.3 is 40.1 Å². The van der Waals surface area contributed by atoms with Crippen LogP contribution in [0.5, 0.6) is 5.75 Å². The predicted octanol–water partition coefficient (Wildman–Crippen LogP) is 1.17. The molecule has 3 fully saturated rings. The Morgan fingerprint density at radius 2 is 1.47 bits per heavy atom. The van der Waals surface area contributed by atoms with E-state index in [9.17, 15) is 33.6 Å². The number of hydrogen-bond acceptors (Lipinski definition) is 9. The van der Waals surface area contributed by atoms with Crippen LogP contribution in [0, 0.1) is 11.8 Å². The number of nitrogens with zero attached hydrogens (tertiary/aromatic N) is 3. The van der Waals surface area contributed by atoms with Crippen LogP contribution in [0.15, 0.2) is 24.3 Å². The van der Waals surface area contributed by atoms with Crippen molar-refractivity contribution in [1.82, 2.24) is 30.7 Å². The van der Waals surface area contributed by atoms with E-state index < -0.39 is 83.8 Å². The molecule has 0 unspecified atom stereocenters. The van der Waals surface area contributed by atoms with E-state index in [-0.39, 0.29) is 31.3 Å². The molecule has 8 atom stereocenters. The van der Waals surface area contributed by atoms with E-state index in [1.165, 1.54) is 42.7 Å². The van der Waals surface area contributed by atoms with E-state index in [0.717, 1.165) is 0 Å². The largest absolute Gasteiger partial charge is 0.497 e. The number of amides is 6. The average molecular weight is 741 g/mol. The first-order chi connectivity index (χ1) is 25.1. The number of hydrogen-bond donors (Lipinski definition) is 3. The maximum Gasteiger partial charge on any atom is 0.329 e. The number of carbonyl (C=O) groups is 7. The Balaban J connectivity index is 1.80. The van der Waals surface area contributed by atoms with E-state index in [4.69, 9.17) is 9.47 Å². The van der Waals surface area contributed by atoms with Crippen molar-refractivity contribution in [3.05, 3.63) is 29.8 Å². The standard InChI is InChI=1S/C38H56N6O9/c1-9-22(4)31-34(47)40-30(21(2)3)36(49)44-19-11-13-28(44)35(48)42(7)29(20-25-14-16-26(52-8)17-15-25)38(51)53-23(5)32(39-24(6)45)37(50)43-18-10-12-27(43)33(46)41-31/h14-17,21-23,27-32H,9-13,18-20H2,1-8H3,(H,39,45)(H,40,47)(H,41,46)/t22-,23-,27-,28-,29-,30-,31+,32+/m1/s1. The Labute approximate surface area is 311 Å². The number of nitrogens with one attached hydrogen (secondary N) is 3. The Kier molecular flexibility index (Phi) is 13.9. The fraction of sp³-hybridized carbons (Fsp3) is 0.658. The molecule has 15 nitrogen and oxygen atoms in total. The maximum absolute atomic E-state index is 14.3. The maximum atomic E-state index is 14.3. The molecular weight excluding hydrogens is 684 g/mol. The first kappa shape index (κ1) is 41.1. The molecule has 1 aromatic rings. The van der Waals surface area contributed by atoms with Crippen LogP contribution in [0.25, 0.3) is 0 Å². The normalized spacial score (nSPS) is 28.6. The van der Waals surface area contributed by atoms with E-state index in [1.54, 1.807) is 38.1 Å². The number of methoxy groups -OCH3 is 1. The Morgan fingerprint density at radius 1 is 0.887 bits per heavy atom. The third-order valence-electron chi connectivity index (χ3n) is 10.8. The SMILES string of the molecule is CC[C@@H](C)[C@@H]1NC(=O)[C@H]2CCCN2C(=O)[C@@H](NC(C)=O)[C@@H](C)OC(=O)[C@@H](Cc2ccc(OC)cc2)N(C)C(=O)[C@H]2CCCN2C(=O)[C@@H](C(C)C)NC1=O. The molecule has 3 heterocycles. The highest BCUT2D eigenvalue weighted by atomic mass is 16.5. The molecule has 4 rings (SSSR count). The van der Waals surface area contributed by atoms with Crippen molar-refractivity contribution >= 4 is 41.4 Å². The highest BCUT2D eigenvalue weighted by Crippen LogP contribution is 2.26. The number of fused-ring (bicyclic) bond motifs is 2. The lowest BCUT2D eigenvalue weighted by molar-refractivity contribution is -0.163. The van der Waals surface area contributed by atoms with Gasteiger partial charge in [0, 0.05) is 33.5 Å². The monoisotopic (exact) mass is 740 g/mol. The molecule has 0 saturated carbocycles. The highest BCUT2D eigenvalue weighted by molar-refractivity contribution is 5.97. The van der Waals surface area contributed by atoms with Crippen LogP contribution < -0.4 is 20.7 Å². The minimum atomic E-state index is -1.35. The molecule has 3 aliphatic rings. The van der Waals surface area contributed by atoms with Crippen molar-refractivity contribution in [2.45, 2.75) is 122 Å². The van der Waals surface area contributed by atoms with Crippen LogP contribution in [0.2, 0.25) is 0 Å². The van der Waals surface area contributed by atoms with E-state index >= 15 is 0 Å².